The molecule has 2 rings (SSSR count). The molecule has 0 radical (unpaired) electrons. The first kappa shape index (κ1) is 14.5. The van der Waals surface area contributed by atoms with E-state index in [1.807, 2.05) is 0 Å². The average Bonchev–Trinajstić information content (AvgIpc) is 2.42. The monoisotopic (exact) mass is 283 g/mol. The fraction of sp³-hybridized carbons (Fsp3) is 0.538. The van der Waals surface area contributed by atoms with Crippen molar-refractivity contribution in [1.29, 1.82) is 0 Å². The van der Waals surface area contributed by atoms with Gasteiger partial charge in [-0.15, -0.1) is 0 Å². The second kappa shape index (κ2) is 6.04. The zero-order chi connectivity index (χ0) is 14.7. The molecular weight excluding hydrogens is 265 g/mol. The molecule has 1 aliphatic rings. The van der Waals surface area contributed by atoms with Crippen molar-refractivity contribution in [2.45, 2.75) is 37.8 Å². The Morgan fingerprint density at radius 3 is 2.60 bits per heavy atom. The molecule has 1 fully saturated rings. The maximum Gasteiger partial charge on any atom is 0.295 e. The fourth-order valence-corrected chi connectivity index (χ4v) is 2.45. The van der Waals surface area contributed by atoms with Crippen LogP contribution < -0.4 is 15.8 Å². The Balaban J connectivity index is 2.22. The van der Waals surface area contributed by atoms with E-state index < -0.39 is 10.7 Å². The minimum absolute atomic E-state index is 0.00869. The lowest BCUT2D eigenvalue weighted by Gasteiger charge is -2.27. The molecule has 1 aliphatic carbocycles. The topological polar surface area (TPSA) is 90.4 Å². The number of nitro benzene ring substituents is 1. The number of halogens is 1. The maximum atomic E-state index is 13.5. The minimum Gasteiger partial charge on any atom is -0.494 e. The number of hydrogen-bond donors (Lipinski definition) is 2. The van der Waals surface area contributed by atoms with Crippen molar-refractivity contribution < 1.29 is 14.1 Å². The Kier molecular flexibility index (Phi) is 4.39. The Labute approximate surface area is 116 Å². The number of nitrogens with two attached hydrogens (primary N) is 1. The van der Waals surface area contributed by atoms with Gasteiger partial charge in [0, 0.05) is 18.2 Å². The standard InChI is InChI=1S/C13H18FN3O3/c1-20-13-7-11(12(17(18)19)6-10(13)14)16-9-4-2-8(15)3-5-9/h6-9,16H,2-5,15H2,1H3. The Hall–Kier alpha value is -1.89. The van der Waals surface area contributed by atoms with E-state index in [0.29, 0.717) is 0 Å². The molecular formula is C13H18FN3O3. The molecule has 0 saturated heterocycles. The summed E-state index contributed by atoms with van der Waals surface area (Å²) in [5.74, 6) is -0.749. The zero-order valence-electron chi connectivity index (χ0n) is 11.3. The van der Waals surface area contributed by atoms with Crippen molar-refractivity contribution in [1.82, 2.24) is 0 Å². The van der Waals surface area contributed by atoms with E-state index in [2.05, 4.69) is 5.32 Å². The van der Waals surface area contributed by atoms with Crippen LogP contribution in [0.1, 0.15) is 25.7 Å². The predicted molar refractivity (Wildman–Crippen MR) is 73.5 cm³/mol. The van der Waals surface area contributed by atoms with Crippen LogP contribution in [-0.4, -0.2) is 24.1 Å². The molecule has 20 heavy (non-hydrogen) atoms. The highest BCUT2D eigenvalue weighted by Crippen LogP contribution is 2.33. The van der Waals surface area contributed by atoms with E-state index in [0.717, 1.165) is 31.7 Å². The van der Waals surface area contributed by atoms with Crippen LogP contribution >= 0.6 is 0 Å². The molecule has 110 valence electrons. The van der Waals surface area contributed by atoms with Crippen molar-refractivity contribution in [3.63, 3.8) is 0 Å². The number of anilines is 1. The van der Waals surface area contributed by atoms with Crippen LogP contribution in [0.4, 0.5) is 15.8 Å². The summed E-state index contributed by atoms with van der Waals surface area (Å²) in [5.41, 5.74) is 5.83. The second-order valence-electron chi connectivity index (χ2n) is 5.02. The Morgan fingerprint density at radius 2 is 2.05 bits per heavy atom. The van der Waals surface area contributed by atoms with Gasteiger partial charge in [-0.05, 0) is 25.7 Å². The van der Waals surface area contributed by atoms with Crippen molar-refractivity contribution >= 4 is 11.4 Å². The van der Waals surface area contributed by atoms with E-state index in [-0.39, 0.29) is 29.2 Å². The van der Waals surface area contributed by atoms with Crippen LogP contribution in [0.25, 0.3) is 0 Å². The molecule has 6 nitrogen and oxygen atoms in total. The van der Waals surface area contributed by atoms with E-state index in [1.54, 1.807) is 0 Å². The van der Waals surface area contributed by atoms with Gasteiger partial charge >= 0.3 is 0 Å². The summed E-state index contributed by atoms with van der Waals surface area (Å²) in [5, 5.41) is 14.1. The normalized spacial score (nSPS) is 22.4. The molecule has 0 spiro atoms. The van der Waals surface area contributed by atoms with Crippen LogP contribution in [0.5, 0.6) is 5.75 Å². The van der Waals surface area contributed by atoms with Gasteiger partial charge in [-0.25, -0.2) is 4.39 Å². The second-order valence-corrected chi connectivity index (χ2v) is 5.02. The number of nitrogens with one attached hydrogen (secondary N) is 1. The highest BCUT2D eigenvalue weighted by atomic mass is 19.1. The van der Waals surface area contributed by atoms with Gasteiger partial charge in [0.1, 0.15) is 5.69 Å². The molecule has 0 aliphatic heterocycles. The Bertz CT molecular complexity index is 502. The number of nitrogens with zero attached hydrogens (tertiary/aromatic N) is 1. The highest BCUT2D eigenvalue weighted by molar-refractivity contribution is 5.65. The van der Waals surface area contributed by atoms with Crippen LogP contribution in [0.3, 0.4) is 0 Å². The molecule has 0 aromatic heterocycles. The quantitative estimate of drug-likeness (QED) is 0.654. The van der Waals surface area contributed by atoms with Crippen LogP contribution in [0.15, 0.2) is 12.1 Å². The third kappa shape index (κ3) is 3.16. The van der Waals surface area contributed by atoms with Gasteiger partial charge in [-0.2, -0.15) is 0 Å². The molecule has 0 atom stereocenters. The van der Waals surface area contributed by atoms with Gasteiger partial charge < -0.3 is 15.8 Å². The van der Waals surface area contributed by atoms with Crippen molar-refractivity contribution in [3.8, 4) is 5.75 Å². The summed E-state index contributed by atoms with van der Waals surface area (Å²) < 4.78 is 18.4. The van der Waals surface area contributed by atoms with Gasteiger partial charge in [0.15, 0.2) is 11.6 Å². The van der Waals surface area contributed by atoms with E-state index in [1.165, 1.54) is 13.2 Å². The molecule has 0 bridgehead atoms. The lowest BCUT2D eigenvalue weighted by molar-refractivity contribution is -0.384. The first-order chi connectivity index (χ1) is 9.51. The minimum atomic E-state index is -0.740. The first-order valence-electron chi connectivity index (χ1n) is 6.55. The zero-order valence-corrected chi connectivity index (χ0v) is 11.3. The lowest BCUT2D eigenvalue weighted by atomic mass is 9.91. The summed E-state index contributed by atoms with van der Waals surface area (Å²) in [7, 11) is 1.33. The van der Waals surface area contributed by atoms with Crippen molar-refractivity contribution in [2.75, 3.05) is 12.4 Å². The molecule has 7 heteroatoms. The van der Waals surface area contributed by atoms with Crippen LogP contribution in [0, 0.1) is 15.9 Å². The number of methoxy groups -OCH3 is 1. The molecule has 0 heterocycles. The van der Waals surface area contributed by atoms with Gasteiger partial charge in [0.25, 0.3) is 5.69 Å². The lowest BCUT2D eigenvalue weighted by Crippen LogP contribution is -2.32. The number of rotatable bonds is 4. The molecule has 1 aromatic carbocycles. The largest absolute Gasteiger partial charge is 0.494 e. The van der Waals surface area contributed by atoms with E-state index in [9.17, 15) is 14.5 Å². The summed E-state index contributed by atoms with van der Waals surface area (Å²) in [6.45, 7) is 0. The van der Waals surface area contributed by atoms with E-state index >= 15 is 0 Å². The summed E-state index contributed by atoms with van der Waals surface area (Å²) in [6.07, 6.45) is 3.45. The number of hydrogen-bond acceptors (Lipinski definition) is 5. The number of nitro groups is 1. The Morgan fingerprint density at radius 1 is 1.40 bits per heavy atom. The van der Waals surface area contributed by atoms with Gasteiger partial charge in [-0.1, -0.05) is 0 Å². The van der Waals surface area contributed by atoms with Crippen molar-refractivity contribution in [3.05, 3.63) is 28.1 Å². The SMILES string of the molecule is COc1cc(NC2CCC(N)CC2)c([N+](=O)[O-])cc1F. The van der Waals surface area contributed by atoms with Crippen LogP contribution in [-0.2, 0) is 0 Å². The third-order valence-corrected chi connectivity index (χ3v) is 3.60. The predicted octanol–water partition coefficient (Wildman–Crippen LogP) is 2.42. The summed E-state index contributed by atoms with van der Waals surface area (Å²) in [4.78, 5) is 10.4. The average molecular weight is 283 g/mol. The van der Waals surface area contributed by atoms with Gasteiger partial charge in [0.2, 0.25) is 0 Å². The molecule has 1 saturated carbocycles. The van der Waals surface area contributed by atoms with Gasteiger partial charge in [-0.3, -0.25) is 10.1 Å². The maximum absolute atomic E-state index is 13.5. The van der Waals surface area contributed by atoms with E-state index in [4.69, 9.17) is 10.5 Å². The molecule has 0 unspecified atom stereocenters. The molecule has 0 amide bonds. The number of benzene rings is 1. The third-order valence-electron chi connectivity index (χ3n) is 3.60. The van der Waals surface area contributed by atoms with Crippen LogP contribution in [0.2, 0.25) is 0 Å². The summed E-state index contributed by atoms with van der Waals surface area (Å²) >= 11 is 0. The van der Waals surface area contributed by atoms with Gasteiger partial charge in [0.05, 0.1) is 18.1 Å². The van der Waals surface area contributed by atoms with Crippen molar-refractivity contribution in [2.24, 2.45) is 5.73 Å². The fourth-order valence-electron chi connectivity index (χ4n) is 2.45. The first-order valence-corrected chi connectivity index (χ1v) is 6.55. The molecule has 1 aromatic rings. The highest BCUT2D eigenvalue weighted by Gasteiger charge is 2.24. The molecule has 3 N–H and O–H groups in total. The smallest absolute Gasteiger partial charge is 0.295 e. The number of ether oxygens (including phenoxy) is 1. The summed E-state index contributed by atoms with van der Waals surface area (Å²) in [6, 6.07) is 2.53.